The second-order valence-corrected chi connectivity index (χ2v) is 8.37. The number of rotatable bonds is 5. The summed E-state index contributed by atoms with van der Waals surface area (Å²) in [5, 5.41) is 5.95. The average Bonchev–Trinajstić information content (AvgIpc) is 2.82. The molecular formula is C15H24N2O2S2. The first kappa shape index (κ1) is 16.8. The number of methoxy groups -OCH3 is 1. The van der Waals surface area contributed by atoms with Gasteiger partial charge in [0.05, 0.1) is 7.11 Å². The van der Waals surface area contributed by atoms with E-state index in [9.17, 15) is 4.79 Å². The minimum absolute atomic E-state index is 0.128. The molecule has 2 atom stereocenters. The summed E-state index contributed by atoms with van der Waals surface area (Å²) in [5.41, 5.74) is 0.531. The minimum Gasteiger partial charge on any atom is -0.468 e. The number of hydrogen-bond acceptors (Lipinski definition) is 6. The van der Waals surface area contributed by atoms with Gasteiger partial charge in [-0.25, -0.2) is 4.98 Å². The molecule has 1 aliphatic carbocycles. The van der Waals surface area contributed by atoms with Gasteiger partial charge in [-0.05, 0) is 46.5 Å². The van der Waals surface area contributed by atoms with Crippen LogP contribution in [-0.2, 0) is 9.53 Å². The number of carbonyl (C=O) groups is 1. The topological polar surface area (TPSA) is 51.2 Å². The molecule has 0 spiro atoms. The summed E-state index contributed by atoms with van der Waals surface area (Å²) < 4.78 is 6.17. The zero-order valence-corrected chi connectivity index (χ0v) is 14.8. The van der Waals surface area contributed by atoms with Crippen molar-refractivity contribution >= 4 is 29.1 Å². The van der Waals surface area contributed by atoms with Crippen LogP contribution in [0.1, 0.15) is 45.2 Å². The van der Waals surface area contributed by atoms with Crippen LogP contribution in [-0.4, -0.2) is 34.9 Å². The Morgan fingerprint density at radius 1 is 1.62 bits per heavy atom. The molecule has 118 valence electrons. The maximum Gasteiger partial charge on any atom is 0.326 e. The van der Waals surface area contributed by atoms with Crippen LogP contribution in [0.3, 0.4) is 0 Å². The molecule has 1 fully saturated rings. The number of hydrogen-bond donors (Lipinski definition) is 1. The SMILES string of the molecule is COC(=O)C1(NC(C)C)CCCC(Sc2nc(C)cs2)C1. The summed E-state index contributed by atoms with van der Waals surface area (Å²) >= 11 is 3.49. The smallest absolute Gasteiger partial charge is 0.326 e. The fourth-order valence-corrected chi connectivity index (χ4v) is 5.41. The van der Waals surface area contributed by atoms with Gasteiger partial charge in [-0.15, -0.1) is 11.3 Å². The summed E-state index contributed by atoms with van der Waals surface area (Å²) in [7, 11) is 1.48. The van der Waals surface area contributed by atoms with Gasteiger partial charge in [0.1, 0.15) is 9.88 Å². The second-order valence-electron chi connectivity index (χ2n) is 5.96. The minimum atomic E-state index is -0.537. The molecule has 1 heterocycles. The van der Waals surface area contributed by atoms with Crippen molar-refractivity contribution in [3.8, 4) is 0 Å². The van der Waals surface area contributed by atoms with Crippen molar-refractivity contribution in [3.63, 3.8) is 0 Å². The monoisotopic (exact) mass is 328 g/mol. The van der Waals surface area contributed by atoms with Crippen molar-refractivity contribution in [1.29, 1.82) is 0 Å². The Morgan fingerprint density at radius 3 is 2.95 bits per heavy atom. The molecule has 1 aromatic heterocycles. The standard InChI is InChI=1S/C15H24N2O2S2/c1-10(2)17-15(13(18)19-4)7-5-6-12(8-15)21-14-16-11(3)9-20-14/h9-10,12,17H,5-8H2,1-4H3. The highest BCUT2D eigenvalue weighted by molar-refractivity contribution is 8.01. The van der Waals surface area contributed by atoms with Crippen LogP contribution in [0.4, 0.5) is 0 Å². The van der Waals surface area contributed by atoms with E-state index in [1.807, 2.05) is 6.92 Å². The van der Waals surface area contributed by atoms with Crippen LogP contribution >= 0.6 is 23.1 Å². The molecule has 1 N–H and O–H groups in total. The van der Waals surface area contributed by atoms with Gasteiger partial charge in [0, 0.05) is 22.4 Å². The highest BCUT2D eigenvalue weighted by Crippen LogP contribution is 2.40. The first-order valence-electron chi connectivity index (χ1n) is 7.40. The summed E-state index contributed by atoms with van der Waals surface area (Å²) in [6.45, 7) is 6.16. The molecule has 0 radical (unpaired) electrons. The maximum atomic E-state index is 12.3. The lowest BCUT2D eigenvalue weighted by Gasteiger charge is -2.40. The number of nitrogens with one attached hydrogen (secondary N) is 1. The molecule has 21 heavy (non-hydrogen) atoms. The lowest BCUT2D eigenvalue weighted by atomic mass is 9.81. The fraction of sp³-hybridized carbons (Fsp3) is 0.733. The number of thioether (sulfide) groups is 1. The van der Waals surface area contributed by atoms with Crippen molar-refractivity contribution in [1.82, 2.24) is 10.3 Å². The number of aromatic nitrogens is 1. The van der Waals surface area contributed by atoms with E-state index in [1.54, 1.807) is 23.1 Å². The predicted molar refractivity (Wildman–Crippen MR) is 88.0 cm³/mol. The number of nitrogens with zero attached hydrogens (tertiary/aromatic N) is 1. The molecule has 0 aromatic carbocycles. The van der Waals surface area contributed by atoms with Crippen LogP contribution in [0.25, 0.3) is 0 Å². The van der Waals surface area contributed by atoms with Gasteiger partial charge in [0.25, 0.3) is 0 Å². The van der Waals surface area contributed by atoms with E-state index in [0.717, 1.165) is 35.7 Å². The van der Waals surface area contributed by atoms with Crippen LogP contribution in [0, 0.1) is 6.92 Å². The van der Waals surface area contributed by atoms with Crippen molar-refractivity contribution in [3.05, 3.63) is 11.1 Å². The first-order chi connectivity index (χ1) is 9.95. The molecule has 0 saturated heterocycles. The molecule has 6 heteroatoms. The third kappa shape index (κ3) is 4.20. The highest BCUT2D eigenvalue weighted by atomic mass is 32.2. The van der Waals surface area contributed by atoms with E-state index in [4.69, 9.17) is 4.74 Å². The van der Waals surface area contributed by atoms with Crippen molar-refractivity contribution in [2.45, 2.75) is 67.6 Å². The summed E-state index contributed by atoms with van der Waals surface area (Å²) in [5.74, 6) is -0.128. The largest absolute Gasteiger partial charge is 0.468 e. The maximum absolute atomic E-state index is 12.3. The zero-order chi connectivity index (χ0) is 15.5. The quantitative estimate of drug-likeness (QED) is 0.840. The Labute approximate surface area is 135 Å². The summed E-state index contributed by atoms with van der Waals surface area (Å²) in [6, 6.07) is 0.259. The molecule has 0 bridgehead atoms. The van der Waals surface area contributed by atoms with Crippen molar-refractivity contribution < 1.29 is 9.53 Å². The summed E-state index contributed by atoms with van der Waals surface area (Å²) in [6.07, 6.45) is 3.83. The molecule has 2 rings (SSSR count). The molecule has 0 aliphatic heterocycles. The van der Waals surface area contributed by atoms with Gasteiger partial charge in [-0.1, -0.05) is 11.8 Å². The molecule has 1 saturated carbocycles. The Morgan fingerprint density at radius 2 is 2.38 bits per heavy atom. The molecule has 0 amide bonds. The zero-order valence-electron chi connectivity index (χ0n) is 13.1. The van der Waals surface area contributed by atoms with Gasteiger partial charge < -0.3 is 4.74 Å². The lowest BCUT2D eigenvalue weighted by Crippen LogP contribution is -2.58. The highest BCUT2D eigenvalue weighted by Gasteiger charge is 2.44. The number of thiazole rings is 1. The van der Waals surface area contributed by atoms with E-state index in [1.165, 1.54) is 7.11 Å². The predicted octanol–water partition coefficient (Wildman–Crippen LogP) is 3.40. The first-order valence-corrected chi connectivity index (χ1v) is 9.16. The van der Waals surface area contributed by atoms with E-state index in [-0.39, 0.29) is 12.0 Å². The Hall–Kier alpha value is -0.590. The Balaban J connectivity index is 2.10. The van der Waals surface area contributed by atoms with E-state index in [2.05, 4.69) is 29.5 Å². The van der Waals surface area contributed by atoms with Gasteiger partial charge in [0.2, 0.25) is 0 Å². The molecular weight excluding hydrogens is 304 g/mol. The average molecular weight is 329 g/mol. The number of esters is 1. The van der Waals surface area contributed by atoms with Crippen LogP contribution in [0.5, 0.6) is 0 Å². The lowest BCUT2D eigenvalue weighted by molar-refractivity contribution is -0.150. The van der Waals surface area contributed by atoms with E-state index < -0.39 is 5.54 Å². The van der Waals surface area contributed by atoms with Gasteiger partial charge in [-0.3, -0.25) is 10.1 Å². The van der Waals surface area contributed by atoms with E-state index in [0.29, 0.717) is 5.25 Å². The van der Waals surface area contributed by atoms with Crippen LogP contribution in [0.15, 0.2) is 9.72 Å². The van der Waals surface area contributed by atoms with Crippen LogP contribution < -0.4 is 5.32 Å². The summed E-state index contributed by atoms with van der Waals surface area (Å²) in [4.78, 5) is 16.8. The molecule has 1 aromatic rings. The molecule has 2 unspecified atom stereocenters. The number of carbonyl (C=O) groups excluding carboxylic acids is 1. The van der Waals surface area contributed by atoms with Crippen molar-refractivity contribution in [2.24, 2.45) is 0 Å². The Kier molecular flexibility index (Phi) is 5.68. The fourth-order valence-electron chi connectivity index (χ4n) is 2.98. The normalized spacial score (nSPS) is 26.0. The van der Waals surface area contributed by atoms with Gasteiger partial charge in [0.15, 0.2) is 0 Å². The number of aryl methyl sites for hydroxylation is 1. The Bertz CT molecular complexity index is 490. The van der Waals surface area contributed by atoms with Gasteiger partial charge >= 0.3 is 5.97 Å². The number of ether oxygens (including phenoxy) is 1. The third-order valence-electron chi connectivity index (χ3n) is 3.71. The van der Waals surface area contributed by atoms with Crippen molar-refractivity contribution in [2.75, 3.05) is 7.11 Å². The van der Waals surface area contributed by atoms with Crippen LogP contribution in [0.2, 0.25) is 0 Å². The second kappa shape index (κ2) is 7.11. The van der Waals surface area contributed by atoms with E-state index >= 15 is 0 Å². The molecule has 4 nitrogen and oxygen atoms in total. The van der Waals surface area contributed by atoms with Gasteiger partial charge in [-0.2, -0.15) is 0 Å². The molecule has 1 aliphatic rings. The third-order valence-corrected chi connectivity index (χ3v) is 6.07.